The molecule has 1 N–H and O–H groups in total. The maximum absolute atomic E-state index is 13.5. The summed E-state index contributed by atoms with van der Waals surface area (Å²) in [5.74, 6) is -2.02. The van der Waals surface area contributed by atoms with E-state index < -0.39 is 23.6 Å². The number of hydrogen-bond donors (Lipinski definition) is 1. The van der Waals surface area contributed by atoms with Crippen LogP contribution in [0, 0.1) is 18.6 Å². The van der Waals surface area contributed by atoms with Gasteiger partial charge in [-0.3, -0.25) is 0 Å². The van der Waals surface area contributed by atoms with E-state index in [4.69, 9.17) is 0 Å². The molecule has 1 unspecified atom stereocenters. The number of esters is 1. The van der Waals surface area contributed by atoms with Crippen LogP contribution in [0.2, 0.25) is 0 Å². The average Bonchev–Trinajstić information content (AvgIpc) is 2.28. The maximum atomic E-state index is 13.5. The Kier molecular flexibility index (Phi) is 3.82. The van der Waals surface area contributed by atoms with Gasteiger partial charge in [-0.05, 0) is 25.5 Å². The summed E-state index contributed by atoms with van der Waals surface area (Å²) in [6.45, 7) is 2.98. The Morgan fingerprint density at radius 3 is 2.62 bits per heavy atom. The molecule has 1 aromatic rings. The van der Waals surface area contributed by atoms with Gasteiger partial charge in [-0.25, -0.2) is 13.6 Å². The first-order valence-corrected chi connectivity index (χ1v) is 4.76. The van der Waals surface area contributed by atoms with Crippen molar-refractivity contribution in [3.8, 4) is 0 Å². The lowest BCUT2D eigenvalue weighted by Crippen LogP contribution is -2.28. The predicted octanol–water partition coefficient (Wildman–Crippen LogP) is 2.25. The molecule has 1 atom stereocenters. The lowest BCUT2D eigenvalue weighted by Gasteiger charge is -2.15. The Hall–Kier alpha value is -1.65. The highest BCUT2D eigenvalue weighted by Crippen LogP contribution is 2.22. The van der Waals surface area contributed by atoms with Gasteiger partial charge < -0.3 is 10.1 Å². The minimum Gasteiger partial charge on any atom is -0.467 e. The van der Waals surface area contributed by atoms with Gasteiger partial charge in [0.05, 0.1) is 7.11 Å². The molecule has 88 valence electrons. The van der Waals surface area contributed by atoms with E-state index in [-0.39, 0.29) is 5.69 Å². The van der Waals surface area contributed by atoms with E-state index in [1.807, 2.05) is 0 Å². The maximum Gasteiger partial charge on any atom is 0.327 e. The largest absolute Gasteiger partial charge is 0.467 e. The fourth-order valence-electron chi connectivity index (χ4n) is 1.24. The molecule has 0 radical (unpaired) electrons. The summed E-state index contributed by atoms with van der Waals surface area (Å²) in [6, 6.07) is 1.67. The molecule has 0 aliphatic heterocycles. The topological polar surface area (TPSA) is 38.3 Å². The van der Waals surface area contributed by atoms with Crippen LogP contribution in [0.4, 0.5) is 14.5 Å². The molecule has 16 heavy (non-hydrogen) atoms. The second kappa shape index (κ2) is 4.92. The lowest BCUT2D eigenvalue weighted by atomic mass is 10.2. The van der Waals surface area contributed by atoms with Crippen LogP contribution in [-0.2, 0) is 9.53 Å². The van der Waals surface area contributed by atoms with Gasteiger partial charge in [-0.15, -0.1) is 0 Å². The van der Waals surface area contributed by atoms with E-state index in [9.17, 15) is 13.6 Å². The minimum atomic E-state index is -0.809. The standard InChI is InChI=1S/C11H13F2NO2/c1-6-4-5-8(12)10(9(6)13)14-7(2)11(15)16-3/h4-5,7,14H,1-3H3. The molecule has 0 aromatic heterocycles. The molecule has 1 aromatic carbocycles. The second-order valence-electron chi connectivity index (χ2n) is 3.44. The molecule has 0 heterocycles. The molecule has 3 nitrogen and oxygen atoms in total. The Balaban J connectivity index is 2.97. The molecular formula is C11H13F2NO2. The fourth-order valence-corrected chi connectivity index (χ4v) is 1.24. The van der Waals surface area contributed by atoms with Gasteiger partial charge in [0.25, 0.3) is 0 Å². The van der Waals surface area contributed by atoms with Gasteiger partial charge >= 0.3 is 5.97 Å². The van der Waals surface area contributed by atoms with Crippen LogP contribution in [0.1, 0.15) is 12.5 Å². The summed E-state index contributed by atoms with van der Waals surface area (Å²) in [7, 11) is 1.21. The predicted molar refractivity (Wildman–Crippen MR) is 56.2 cm³/mol. The summed E-state index contributed by atoms with van der Waals surface area (Å²) in [6.07, 6.45) is 0. The number of hydrogen-bond acceptors (Lipinski definition) is 3. The van der Waals surface area contributed by atoms with Gasteiger partial charge in [0.15, 0.2) is 5.82 Å². The molecule has 0 saturated carbocycles. The third-order valence-electron chi connectivity index (χ3n) is 2.20. The summed E-state index contributed by atoms with van der Waals surface area (Å²) in [5, 5.41) is 2.45. The second-order valence-corrected chi connectivity index (χ2v) is 3.44. The third kappa shape index (κ3) is 2.48. The van der Waals surface area contributed by atoms with Gasteiger partial charge in [0.2, 0.25) is 0 Å². The number of anilines is 1. The Morgan fingerprint density at radius 1 is 1.44 bits per heavy atom. The van der Waals surface area contributed by atoms with Crippen molar-refractivity contribution in [2.75, 3.05) is 12.4 Å². The van der Waals surface area contributed by atoms with Crippen molar-refractivity contribution < 1.29 is 18.3 Å². The molecule has 0 fully saturated rings. The molecule has 0 amide bonds. The number of carbonyl (C=O) groups excluding carboxylic acids is 1. The fraction of sp³-hybridized carbons (Fsp3) is 0.364. The zero-order chi connectivity index (χ0) is 12.3. The highest BCUT2D eigenvalue weighted by molar-refractivity contribution is 5.78. The van der Waals surface area contributed by atoms with Crippen LogP contribution in [0.5, 0.6) is 0 Å². The first kappa shape index (κ1) is 12.4. The first-order valence-electron chi connectivity index (χ1n) is 4.76. The SMILES string of the molecule is COC(=O)C(C)Nc1c(F)ccc(C)c1F. The summed E-state index contributed by atoms with van der Waals surface area (Å²) in [4.78, 5) is 11.1. The number of methoxy groups -OCH3 is 1. The summed E-state index contributed by atoms with van der Waals surface area (Å²) in [5.41, 5.74) is -0.00105. The van der Waals surface area contributed by atoms with Gasteiger partial charge in [0.1, 0.15) is 17.5 Å². The number of benzene rings is 1. The van der Waals surface area contributed by atoms with Crippen LogP contribution in [0.15, 0.2) is 12.1 Å². The number of aryl methyl sites for hydroxylation is 1. The molecule has 0 bridgehead atoms. The molecule has 0 aliphatic rings. The van der Waals surface area contributed by atoms with Gasteiger partial charge in [-0.2, -0.15) is 0 Å². The number of carbonyl (C=O) groups is 1. The number of halogens is 2. The van der Waals surface area contributed by atoms with Crippen molar-refractivity contribution in [2.24, 2.45) is 0 Å². The quantitative estimate of drug-likeness (QED) is 0.808. The molecular weight excluding hydrogens is 216 g/mol. The Bertz CT molecular complexity index is 407. The normalized spacial score (nSPS) is 12.1. The molecule has 0 saturated heterocycles. The molecule has 0 spiro atoms. The monoisotopic (exact) mass is 229 g/mol. The van der Waals surface area contributed by atoms with Crippen molar-refractivity contribution in [3.63, 3.8) is 0 Å². The zero-order valence-corrected chi connectivity index (χ0v) is 9.30. The van der Waals surface area contributed by atoms with E-state index in [1.165, 1.54) is 27.0 Å². The van der Waals surface area contributed by atoms with Gasteiger partial charge in [-0.1, -0.05) is 6.07 Å². The number of ether oxygens (including phenoxy) is 1. The smallest absolute Gasteiger partial charge is 0.327 e. The van der Waals surface area contributed by atoms with E-state index in [2.05, 4.69) is 10.1 Å². The Labute approximate surface area is 92.4 Å². The highest BCUT2D eigenvalue weighted by Gasteiger charge is 2.18. The van der Waals surface area contributed by atoms with E-state index in [0.717, 1.165) is 6.07 Å². The Morgan fingerprint density at radius 2 is 2.06 bits per heavy atom. The van der Waals surface area contributed by atoms with Crippen molar-refractivity contribution in [3.05, 3.63) is 29.3 Å². The van der Waals surface area contributed by atoms with Crippen LogP contribution in [0.3, 0.4) is 0 Å². The van der Waals surface area contributed by atoms with Crippen LogP contribution >= 0.6 is 0 Å². The molecule has 1 rings (SSSR count). The highest BCUT2D eigenvalue weighted by atomic mass is 19.1. The van der Waals surface area contributed by atoms with E-state index in [0.29, 0.717) is 5.56 Å². The third-order valence-corrected chi connectivity index (χ3v) is 2.20. The first-order chi connectivity index (χ1) is 7.47. The van der Waals surface area contributed by atoms with Gasteiger partial charge in [0, 0.05) is 0 Å². The van der Waals surface area contributed by atoms with Crippen LogP contribution in [-0.4, -0.2) is 19.1 Å². The molecule has 0 aliphatic carbocycles. The lowest BCUT2D eigenvalue weighted by molar-refractivity contribution is -0.141. The summed E-state index contributed by atoms with van der Waals surface area (Å²) < 4.78 is 31.3. The van der Waals surface area contributed by atoms with E-state index in [1.54, 1.807) is 0 Å². The van der Waals surface area contributed by atoms with Crippen LogP contribution in [0.25, 0.3) is 0 Å². The average molecular weight is 229 g/mol. The van der Waals surface area contributed by atoms with Crippen molar-refractivity contribution in [2.45, 2.75) is 19.9 Å². The number of nitrogens with one attached hydrogen (secondary N) is 1. The van der Waals surface area contributed by atoms with Crippen molar-refractivity contribution in [1.29, 1.82) is 0 Å². The zero-order valence-electron chi connectivity index (χ0n) is 9.30. The van der Waals surface area contributed by atoms with Crippen LogP contribution < -0.4 is 5.32 Å². The summed E-state index contributed by atoms with van der Waals surface area (Å²) >= 11 is 0. The van der Waals surface area contributed by atoms with Crippen molar-refractivity contribution in [1.82, 2.24) is 0 Å². The van der Waals surface area contributed by atoms with E-state index >= 15 is 0 Å². The number of rotatable bonds is 3. The molecule has 5 heteroatoms. The minimum absolute atomic E-state index is 0.306. The van der Waals surface area contributed by atoms with Crippen molar-refractivity contribution >= 4 is 11.7 Å².